The highest BCUT2D eigenvalue weighted by Gasteiger charge is 2.32. The zero-order chi connectivity index (χ0) is 22.6. The Bertz CT molecular complexity index is 1110. The van der Waals surface area contributed by atoms with E-state index in [1.807, 2.05) is 0 Å². The first-order valence-electron chi connectivity index (χ1n) is 9.15. The van der Waals surface area contributed by atoms with E-state index in [4.69, 9.17) is 9.26 Å². The number of nitrogens with zero attached hydrogens (tertiary/aromatic N) is 1. The van der Waals surface area contributed by atoms with Gasteiger partial charge in [0, 0.05) is 17.8 Å². The molecule has 1 unspecified atom stereocenters. The lowest BCUT2D eigenvalue weighted by Gasteiger charge is -2.13. The van der Waals surface area contributed by atoms with Crippen LogP contribution in [0.25, 0.3) is 5.69 Å². The van der Waals surface area contributed by atoms with Crippen molar-refractivity contribution in [1.29, 1.82) is 0 Å². The number of hydrogen-bond donors (Lipinski definition) is 2. The van der Waals surface area contributed by atoms with E-state index in [9.17, 15) is 22.8 Å². The normalized spacial score (nSPS) is 12.4. The number of aromatic nitrogens is 2. The quantitative estimate of drug-likeness (QED) is 0.419. The lowest BCUT2D eigenvalue weighted by molar-refractivity contribution is -0.704. The maximum atomic E-state index is 12.9. The van der Waals surface area contributed by atoms with Crippen molar-refractivity contribution < 1.29 is 31.9 Å². The molecule has 0 saturated heterocycles. The van der Waals surface area contributed by atoms with Crippen LogP contribution in [0.1, 0.15) is 18.9 Å². The Balaban J connectivity index is 1.81. The molecule has 1 heterocycles. The molecular weight excluding hydrogens is 435 g/mol. The summed E-state index contributed by atoms with van der Waals surface area (Å²) < 4.78 is 50.1. The van der Waals surface area contributed by atoms with E-state index >= 15 is 0 Å². The minimum absolute atomic E-state index is 0.0167. The van der Waals surface area contributed by atoms with Gasteiger partial charge >= 0.3 is 16.8 Å². The van der Waals surface area contributed by atoms with Gasteiger partial charge in [0.25, 0.3) is 0 Å². The van der Waals surface area contributed by atoms with Crippen LogP contribution in [0, 0.1) is 0 Å². The van der Waals surface area contributed by atoms with Crippen molar-refractivity contribution in [3.63, 3.8) is 0 Å². The van der Waals surface area contributed by atoms with Gasteiger partial charge in [0.2, 0.25) is 11.6 Å². The third-order valence-corrected chi connectivity index (χ3v) is 5.72. The number of thioether (sulfide) groups is 1. The molecule has 11 heteroatoms. The van der Waals surface area contributed by atoms with Gasteiger partial charge in [0.15, 0.2) is 0 Å². The first kappa shape index (κ1) is 22.5. The van der Waals surface area contributed by atoms with Crippen molar-refractivity contribution in [2.24, 2.45) is 0 Å². The number of H-pyrrole nitrogens is 1. The standard InChI is InChI=1S/C20H18F3N3O4S/c1-3-16(17(27)24-13-6-4-5-12(11-13)20(21,22)23)31-18-19(28)30-25-26(18)14-7-9-15(29-2)10-8-14/h4-11,16H,3H2,1-2H3,(H-,24,25,27,28)/p+1. The van der Waals surface area contributed by atoms with E-state index in [2.05, 4.69) is 10.6 Å². The summed E-state index contributed by atoms with van der Waals surface area (Å²) in [5.41, 5.74) is -0.953. The third kappa shape index (κ3) is 5.29. The van der Waals surface area contributed by atoms with Crippen molar-refractivity contribution in [2.75, 3.05) is 12.4 Å². The van der Waals surface area contributed by atoms with Crippen LogP contribution in [-0.4, -0.2) is 23.5 Å². The van der Waals surface area contributed by atoms with Crippen LogP contribution in [-0.2, 0) is 11.0 Å². The van der Waals surface area contributed by atoms with Gasteiger partial charge < -0.3 is 10.1 Å². The zero-order valence-electron chi connectivity index (χ0n) is 16.5. The summed E-state index contributed by atoms with van der Waals surface area (Å²) in [4.78, 5) is 24.9. The van der Waals surface area contributed by atoms with Crippen LogP contribution in [0.4, 0.5) is 18.9 Å². The number of carbonyl (C=O) groups excluding carboxylic acids is 1. The first-order chi connectivity index (χ1) is 14.7. The number of nitrogens with one attached hydrogen (secondary N) is 2. The van der Waals surface area contributed by atoms with Crippen molar-refractivity contribution >= 4 is 23.4 Å². The molecule has 0 spiro atoms. The van der Waals surface area contributed by atoms with Gasteiger partial charge in [-0.25, -0.2) is 4.79 Å². The number of methoxy groups -OCH3 is 1. The topological polar surface area (TPSA) is 88.2 Å². The second-order valence-corrected chi connectivity index (χ2v) is 7.59. The summed E-state index contributed by atoms with van der Waals surface area (Å²) >= 11 is 0.950. The van der Waals surface area contributed by atoms with Crippen LogP contribution in [0.15, 0.2) is 62.9 Å². The Morgan fingerprint density at radius 3 is 2.58 bits per heavy atom. The highest BCUT2D eigenvalue weighted by Crippen LogP contribution is 2.31. The summed E-state index contributed by atoms with van der Waals surface area (Å²) in [7, 11) is 1.53. The molecule has 2 N–H and O–H groups in total. The van der Waals surface area contributed by atoms with Gasteiger partial charge in [-0.1, -0.05) is 13.0 Å². The van der Waals surface area contributed by atoms with Crippen LogP contribution < -0.4 is 20.4 Å². The SMILES string of the molecule is CCC(Sc1c(=O)o[nH][n+]1-c1ccc(OC)cc1)C(=O)Nc1cccc(C(F)(F)F)c1. The van der Waals surface area contributed by atoms with Crippen LogP contribution in [0.5, 0.6) is 5.75 Å². The maximum Gasteiger partial charge on any atom is 0.442 e. The van der Waals surface area contributed by atoms with Gasteiger partial charge in [-0.3, -0.25) is 9.32 Å². The van der Waals surface area contributed by atoms with E-state index in [0.29, 0.717) is 17.9 Å². The predicted molar refractivity (Wildman–Crippen MR) is 107 cm³/mol. The molecule has 0 aliphatic rings. The number of benzene rings is 2. The summed E-state index contributed by atoms with van der Waals surface area (Å²) in [5, 5.41) is 4.33. The Morgan fingerprint density at radius 1 is 1.26 bits per heavy atom. The first-order valence-corrected chi connectivity index (χ1v) is 10.0. The lowest BCUT2D eigenvalue weighted by Crippen LogP contribution is -2.37. The van der Waals surface area contributed by atoms with Gasteiger partial charge in [-0.05, 0) is 58.5 Å². The van der Waals surface area contributed by atoms with Crippen LogP contribution in [0.3, 0.4) is 0 Å². The number of aromatic amines is 1. The molecule has 2 aromatic carbocycles. The number of halogens is 3. The maximum absolute atomic E-state index is 12.9. The van der Waals surface area contributed by atoms with Crippen LogP contribution in [0.2, 0.25) is 0 Å². The number of anilines is 1. The molecule has 1 amide bonds. The Hall–Kier alpha value is -3.21. The van der Waals surface area contributed by atoms with E-state index in [1.165, 1.54) is 23.9 Å². The van der Waals surface area contributed by atoms with Crippen molar-refractivity contribution in [1.82, 2.24) is 5.27 Å². The molecule has 0 bridgehead atoms. The van der Waals surface area contributed by atoms with E-state index in [1.54, 1.807) is 31.2 Å². The summed E-state index contributed by atoms with van der Waals surface area (Å²) in [6.45, 7) is 1.73. The summed E-state index contributed by atoms with van der Waals surface area (Å²) in [6.07, 6.45) is -4.20. The highest BCUT2D eigenvalue weighted by atomic mass is 32.2. The molecule has 0 radical (unpaired) electrons. The summed E-state index contributed by atoms with van der Waals surface area (Å²) in [5.74, 6) is 0.0880. The molecule has 1 aromatic heterocycles. The van der Waals surface area contributed by atoms with Gasteiger partial charge in [0.1, 0.15) is 5.75 Å². The number of carbonyl (C=O) groups is 1. The molecule has 3 aromatic rings. The number of ether oxygens (including phenoxy) is 1. The van der Waals surface area contributed by atoms with E-state index in [0.717, 1.165) is 23.9 Å². The fraction of sp³-hybridized carbons (Fsp3) is 0.250. The lowest BCUT2D eigenvalue weighted by atomic mass is 10.2. The zero-order valence-corrected chi connectivity index (χ0v) is 17.3. The Kier molecular flexibility index (Phi) is 6.74. The molecule has 0 saturated carbocycles. The Morgan fingerprint density at radius 2 is 1.97 bits per heavy atom. The monoisotopic (exact) mass is 454 g/mol. The largest absolute Gasteiger partial charge is 0.497 e. The number of alkyl halides is 3. The van der Waals surface area contributed by atoms with Gasteiger partial charge in [-0.15, -0.1) is 0 Å². The minimum Gasteiger partial charge on any atom is -0.497 e. The molecule has 0 aliphatic carbocycles. The van der Waals surface area contributed by atoms with Crippen molar-refractivity contribution in [3.05, 3.63) is 64.5 Å². The fourth-order valence-corrected chi connectivity index (χ4v) is 3.71. The molecule has 164 valence electrons. The van der Waals surface area contributed by atoms with Crippen molar-refractivity contribution in [3.8, 4) is 11.4 Å². The predicted octanol–water partition coefficient (Wildman–Crippen LogP) is 3.78. The molecule has 0 aliphatic heterocycles. The van der Waals surface area contributed by atoms with Crippen LogP contribution >= 0.6 is 11.8 Å². The minimum atomic E-state index is -4.52. The van der Waals surface area contributed by atoms with E-state index < -0.39 is 28.5 Å². The average molecular weight is 454 g/mol. The molecule has 1 atom stereocenters. The third-order valence-electron chi connectivity index (χ3n) is 4.31. The van der Waals surface area contributed by atoms with E-state index in [-0.39, 0.29) is 10.7 Å². The van der Waals surface area contributed by atoms with Gasteiger partial charge in [-0.2, -0.15) is 13.2 Å². The summed E-state index contributed by atoms with van der Waals surface area (Å²) in [6, 6.07) is 11.1. The second kappa shape index (κ2) is 9.29. The number of amides is 1. The number of rotatable bonds is 7. The van der Waals surface area contributed by atoms with Gasteiger partial charge in [0.05, 0.1) is 17.9 Å². The molecule has 0 fully saturated rings. The Labute approximate surface area is 179 Å². The molecular formula is C20H19F3N3O4S+. The smallest absolute Gasteiger partial charge is 0.442 e. The highest BCUT2D eigenvalue weighted by molar-refractivity contribution is 8.00. The average Bonchev–Trinajstić information content (AvgIpc) is 3.11. The molecule has 7 nitrogen and oxygen atoms in total. The molecule has 31 heavy (non-hydrogen) atoms. The second-order valence-electron chi connectivity index (χ2n) is 6.40. The molecule has 3 rings (SSSR count). The fourth-order valence-electron chi connectivity index (χ4n) is 2.72. The number of hydrogen-bond acceptors (Lipinski definition) is 5. The van der Waals surface area contributed by atoms with Crippen molar-refractivity contribution in [2.45, 2.75) is 29.8 Å².